The Morgan fingerprint density at radius 3 is 2.42 bits per heavy atom. The van der Waals surface area contributed by atoms with E-state index in [9.17, 15) is 9.18 Å². The van der Waals surface area contributed by atoms with Crippen molar-refractivity contribution in [3.63, 3.8) is 0 Å². The number of carbonyl (C=O) groups excluding carboxylic acids is 1. The third kappa shape index (κ3) is 3.00. The monoisotopic (exact) mass is 353 g/mol. The number of amides is 1. The van der Waals surface area contributed by atoms with E-state index in [1.54, 1.807) is 19.1 Å². The Balaban J connectivity index is 1.71. The molecule has 1 aliphatic rings. The summed E-state index contributed by atoms with van der Waals surface area (Å²) in [4.78, 5) is 20.2. The fourth-order valence-corrected chi connectivity index (χ4v) is 3.32. The standard InChI is InChI=1S/C19H20FN5O/c1-13-11-19(24-9-7-23(8-10-24)14(2)26)25-18(21-13)12-17(22-25)15-3-5-16(20)6-4-15/h3-6,11-12H,7-10H2,1-2H3. The Bertz CT molecular complexity index is 958. The second-order valence-corrected chi connectivity index (χ2v) is 6.56. The lowest BCUT2D eigenvalue weighted by molar-refractivity contribution is -0.129. The minimum absolute atomic E-state index is 0.110. The van der Waals surface area contributed by atoms with Crippen LogP contribution < -0.4 is 4.90 Å². The molecule has 1 aliphatic heterocycles. The summed E-state index contributed by atoms with van der Waals surface area (Å²) >= 11 is 0. The molecule has 0 atom stereocenters. The first kappa shape index (κ1) is 16.5. The molecule has 3 aromatic rings. The number of rotatable bonds is 2. The number of hydrogen-bond donors (Lipinski definition) is 0. The Morgan fingerprint density at radius 2 is 1.77 bits per heavy atom. The van der Waals surface area contributed by atoms with Crippen molar-refractivity contribution >= 4 is 17.4 Å². The molecule has 3 heterocycles. The number of aromatic nitrogens is 3. The van der Waals surface area contributed by atoms with Gasteiger partial charge in [-0.2, -0.15) is 9.61 Å². The van der Waals surface area contributed by atoms with Crippen molar-refractivity contribution in [3.05, 3.63) is 47.9 Å². The van der Waals surface area contributed by atoms with E-state index in [0.29, 0.717) is 13.1 Å². The Hall–Kier alpha value is -2.96. The van der Waals surface area contributed by atoms with Gasteiger partial charge in [-0.05, 0) is 31.2 Å². The first-order valence-electron chi connectivity index (χ1n) is 8.65. The highest BCUT2D eigenvalue weighted by Crippen LogP contribution is 2.24. The van der Waals surface area contributed by atoms with Gasteiger partial charge >= 0.3 is 0 Å². The molecule has 0 spiro atoms. The smallest absolute Gasteiger partial charge is 0.219 e. The maximum atomic E-state index is 13.2. The average molecular weight is 353 g/mol. The number of benzene rings is 1. The lowest BCUT2D eigenvalue weighted by Gasteiger charge is -2.35. The molecule has 134 valence electrons. The van der Waals surface area contributed by atoms with Crippen LogP contribution in [0.4, 0.5) is 10.2 Å². The Morgan fingerprint density at radius 1 is 1.08 bits per heavy atom. The molecule has 0 saturated carbocycles. The van der Waals surface area contributed by atoms with Crippen molar-refractivity contribution in [3.8, 4) is 11.3 Å². The third-order valence-corrected chi connectivity index (χ3v) is 4.73. The lowest BCUT2D eigenvalue weighted by Crippen LogP contribution is -2.48. The van der Waals surface area contributed by atoms with Crippen LogP contribution in [0.5, 0.6) is 0 Å². The zero-order valence-electron chi connectivity index (χ0n) is 14.8. The number of anilines is 1. The van der Waals surface area contributed by atoms with Crippen LogP contribution >= 0.6 is 0 Å². The molecule has 26 heavy (non-hydrogen) atoms. The van der Waals surface area contributed by atoms with Gasteiger partial charge in [-0.25, -0.2) is 9.37 Å². The normalized spacial score (nSPS) is 14.9. The molecule has 1 amide bonds. The van der Waals surface area contributed by atoms with Gasteiger partial charge in [0.25, 0.3) is 0 Å². The highest BCUT2D eigenvalue weighted by Gasteiger charge is 2.21. The van der Waals surface area contributed by atoms with E-state index >= 15 is 0 Å². The number of halogens is 1. The van der Waals surface area contributed by atoms with Crippen LogP contribution in [0.25, 0.3) is 16.9 Å². The van der Waals surface area contributed by atoms with Crippen molar-refractivity contribution in [2.45, 2.75) is 13.8 Å². The summed E-state index contributed by atoms with van der Waals surface area (Å²) in [5.74, 6) is 0.804. The van der Waals surface area contributed by atoms with E-state index in [1.807, 2.05) is 28.5 Å². The molecule has 0 aliphatic carbocycles. The minimum atomic E-state index is -0.268. The number of aryl methyl sites for hydroxylation is 1. The van der Waals surface area contributed by atoms with Gasteiger partial charge in [-0.15, -0.1) is 0 Å². The second-order valence-electron chi connectivity index (χ2n) is 6.56. The van der Waals surface area contributed by atoms with Gasteiger partial charge in [-0.1, -0.05) is 0 Å². The molecule has 0 bridgehead atoms. The number of fused-ring (bicyclic) bond motifs is 1. The molecule has 6 nitrogen and oxygen atoms in total. The number of nitrogens with zero attached hydrogens (tertiary/aromatic N) is 5. The molecular formula is C19H20FN5O. The van der Waals surface area contributed by atoms with Crippen LogP contribution in [-0.2, 0) is 4.79 Å². The van der Waals surface area contributed by atoms with Crippen LogP contribution in [-0.4, -0.2) is 51.6 Å². The quantitative estimate of drug-likeness (QED) is 0.710. The van der Waals surface area contributed by atoms with Crippen LogP contribution in [0.3, 0.4) is 0 Å². The number of hydrogen-bond acceptors (Lipinski definition) is 4. The summed E-state index contributed by atoms with van der Waals surface area (Å²) in [6, 6.07) is 10.2. The van der Waals surface area contributed by atoms with Gasteiger partial charge in [0.1, 0.15) is 11.6 Å². The van der Waals surface area contributed by atoms with Gasteiger partial charge in [-0.3, -0.25) is 4.79 Å². The summed E-state index contributed by atoms with van der Waals surface area (Å²) in [5, 5.41) is 4.69. The van der Waals surface area contributed by atoms with Crippen molar-refractivity contribution < 1.29 is 9.18 Å². The van der Waals surface area contributed by atoms with Gasteiger partial charge < -0.3 is 9.80 Å². The van der Waals surface area contributed by atoms with Gasteiger partial charge in [0.15, 0.2) is 5.65 Å². The Labute approximate surface area is 150 Å². The molecule has 2 aromatic heterocycles. The van der Waals surface area contributed by atoms with Gasteiger partial charge in [0.05, 0.1) is 5.69 Å². The number of piperazine rings is 1. The van der Waals surface area contributed by atoms with Crippen molar-refractivity contribution in [1.82, 2.24) is 19.5 Å². The van der Waals surface area contributed by atoms with Crippen molar-refractivity contribution in [2.24, 2.45) is 0 Å². The first-order valence-corrected chi connectivity index (χ1v) is 8.65. The van der Waals surface area contributed by atoms with E-state index < -0.39 is 0 Å². The zero-order chi connectivity index (χ0) is 18.3. The highest BCUT2D eigenvalue weighted by molar-refractivity contribution is 5.73. The summed E-state index contributed by atoms with van der Waals surface area (Å²) in [6.07, 6.45) is 0. The Kier molecular flexibility index (Phi) is 4.06. The summed E-state index contributed by atoms with van der Waals surface area (Å²) in [6.45, 7) is 6.47. The molecule has 1 saturated heterocycles. The fourth-order valence-electron chi connectivity index (χ4n) is 3.32. The molecular weight excluding hydrogens is 333 g/mol. The maximum Gasteiger partial charge on any atom is 0.219 e. The predicted molar refractivity (Wildman–Crippen MR) is 97.6 cm³/mol. The van der Waals surface area contributed by atoms with Crippen molar-refractivity contribution in [1.29, 1.82) is 0 Å². The van der Waals surface area contributed by atoms with E-state index in [0.717, 1.165) is 41.5 Å². The predicted octanol–water partition coefficient (Wildman–Crippen LogP) is 2.51. The first-order chi connectivity index (χ1) is 12.5. The van der Waals surface area contributed by atoms with Crippen LogP contribution in [0, 0.1) is 12.7 Å². The molecule has 1 fully saturated rings. The maximum absolute atomic E-state index is 13.2. The molecule has 0 N–H and O–H groups in total. The van der Waals surface area contributed by atoms with Crippen LogP contribution in [0.1, 0.15) is 12.6 Å². The zero-order valence-corrected chi connectivity index (χ0v) is 14.8. The van der Waals surface area contributed by atoms with E-state index in [2.05, 4.69) is 9.88 Å². The lowest BCUT2D eigenvalue weighted by atomic mass is 10.1. The average Bonchev–Trinajstić information content (AvgIpc) is 3.05. The molecule has 0 radical (unpaired) electrons. The van der Waals surface area contributed by atoms with Gasteiger partial charge in [0.2, 0.25) is 5.91 Å². The van der Waals surface area contributed by atoms with E-state index in [4.69, 9.17) is 5.10 Å². The van der Waals surface area contributed by atoms with Crippen LogP contribution in [0.15, 0.2) is 36.4 Å². The molecule has 7 heteroatoms. The topological polar surface area (TPSA) is 53.7 Å². The third-order valence-electron chi connectivity index (χ3n) is 4.73. The minimum Gasteiger partial charge on any atom is -0.353 e. The highest BCUT2D eigenvalue weighted by atomic mass is 19.1. The summed E-state index contributed by atoms with van der Waals surface area (Å²) in [7, 11) is 0. The van der Waals surface area contributed by atoms with E-state index in [1.165, 1.54) is 12.1 Å². The molecule has 0 unspecified atom stereocenters. The van der Waals surface area contributed by atoms with Crippen LogP contribution in [0.2, 0.25) is 0 Å². The molecule has 1 aromatic carbocycles. The summed E-state index contributed by atoms with van der Waals surface area (Å²) < 4.78 is 15.0. The van der Waals surface area contributed by atoms with E-state index in [-0.39, 0.29) is 11.7 Å². The van der Waals surface area contributed by atoms with Crippen molar-refractivity contribution in [2.75, 3.05) is 31.1 Å². The number of carbonyl (C=O) groups is 1. The summed E-state index contributed by atoms with van der Waals surface area (Å²) in [5.41, 5.74) is 3.27. The molecule has 4 rings (SSSR count). The second kappa shape index (κ2) is 6.40. The fraction of sp³-hybridized carbons (Fsp3) is 0.316. The SMILES string of the molecule is CC(=O)N1CCN(c2cc(C)nc3cc(-c4ccc(F)cc4)nn23)CC1. The van der Waals surface area contributed by atoms with Gasteiger partial charge in [0, 0.05) is 56.5 Å². The largest absolute Gasteiger partial charge is 0.353 e.